The number of H-pyrrole nitrogens is 1. The first-order chi connectivity index (χ1) is 14.7. The first-order valence-corrected chi connectivity index (χ1v) is 10.8. The molecule has 0 atom stereocenters. The molecule has 0 unspecified atom stereocenters. The molecule has 0 bridgehead atoms. The highest BCUT2D eigenvalue weighted by molar-refractivity contribution is 6.33. The number of likely N-dealkylation sites (N-methyl/N-ethyl adjacent to an activating group) is 1. The third-order valence-corrected chi connectivity index (χ3v) is 6.31. The summed E-state index contributed by atoms with van der Waals surface area (Å²) in [7, 11) is 2.19. The van der Waals surface area contributed by atoms with Crippen LogP contribution in [0.15, 0.2) is 67.0 Å². The van der Waals surface area contributed by atoms with Crippen molar-refractivity contribution in [3.63, 3.8) is 0 Å². The molecule has 1 saturated heterocycles. The van der Waals surface area contributed by atoms with Gasteiger partial charge in [0.25, 0.3) is 0 Å². The number of nitrogens with zero attached hydrogens (tertiary/aromatic N) is 3. The second kappa shape index (κ2) is 8.23. The summed E-state index contributed by atoms with van der Waals surface area (Å²) in [6, 6.07) is 19.0. The number of piperazine rings is 1. The van der Waals surface area contributed by atoms with Gasteiger partial charge in [0.15, 0.2) is 0 Å². The third-order valence-electron chi connectivity index (χ3n) is 5.98. The number of rotatable bonds is 4. The van der Waals surface area contributed by atoms with Crippen molar-refractivity contribution in [3.05, 3.63) is 77.6 Å². The normalized spacial score (nSPS) is 15.7. The van der Waals surface area contributed by atoms with E-state index in [1.54, 1.807) is 0 Å². The molecule has 2 aromatic heterocycles. The number of aromatic nitrogens is 2. The lowest BCUT2D eigenvalue weighted by Crippen LogP contribution is -2.43. The zero-order valence-electron chi connectivity index (χ0n) is 17.1. The molecule has 30 heavy (non-hydrogen) atoms. The average molecular weight is 417 g/mol. The molecule has 1 N–H and O–H groups in total. The van der Waals surface area contributed by atoms with E-state index in [-0.39, 0.29) is 0 Å². The zero-order valence-corrected chi connectivity index (χ0v) is 17.9. The van der Waals surface area contributed by atoms with Crippen LogP contribution in [0.25, 0.3) is 33.3 Å². The van der Waals surface area contributed by atoms with Crippen molar-refractivity contribution in [2.75, 3.05) is 33.2 Å². The van der Waals surface area contributed by atoms with Gasteiger partial charge >= 0.3 is 0 Å². The zero-order chi connectivity index (χ0) is 20.5. The van der Waals surface area contributed by atoms with E-state index in [0.717, 1.165) is 65.5 Å². The summed E-state index contributed by atoms with van der Waals surface area (Å²) in [4.78, 5) is 12.8. The van der Waals surface area contributed by atoms with Gasteiger partial charge in [-0.15, -0.1) is 0 Å². The highest BCUT2D eigenvalue weighted by Crippen LogP contribution is 2.34. The molecule has 1 aliphatic rings. The molecular formula is C25H25ClN4. The van der Waals surface area contributed by atoms with Crippen LogP contribution in [0.5, 0.6) is 0 Å². The van der Waals surface area contributed by atoms with Crippen LogP contribution < -0.4 is 0 Å². The minimum Gasteiger partial charge on any atom is -0.346 e. The van der Waals surface area contributed by atoms with Crippen molar-refractivity contribution in [2.24, 2.45) is 0 Å². The van der Waals surface area contributed by atoms with Crippen LogP contribution in [-0.2, 0) is 6.54 Å². The SMILES string of the molecule is CN1CCN(Cc2ccc(-c3cnc4[nH]cc(-c5ccccc5Cl)c4c3)cc2)CC1. The molecule has 1 aliphatic heterocycles. The molecule has 4 nitrogen and oxygen atoms in total. The highest BCUT2D eigenvalue weighted by Gasteiger charge is 2.14. The van der Waals surface area contributed by atoms with Crippen LogP contribution >= 0.6 is 11.6 Å². The summed E-state index contributed by atoms with van der Waals surface area (Å²) in [5.74, 6) is 0. The van der Waals surface area contributed by atoms with Crippen LogP contribution in [0.2, 0.25) is 5.02 Å². The quantitative estimate of drug-likeness (QED) is 0.490. The van der Waals surface area contributed by atoms with Crippen molar-refractivity contribution >= 4 is 22.6 Å². The van der Waals surface area contributed by atoms with Crippen molar-refractivity contribution in [1.82, 2.24) is 19.8 Å². The minimum atomic E-state index is 0.747. The van der Waals surface area contributed by atoms with E-state index >= 15 is 0 Å². The highest BCUT2D eigenvalue weighted by atomic mass is 35.5. The molecule has 0 spiro atoms. The topological polar surface area (TPSA) is 35.2 Å². The van der Waals surface area contributed by atoms with E-state index < -0.39 is 0 Å². The van der Waals surface area contributed by atoms with Gasteiger partial charge in [-0.1, -0.05) is 54.1 Å². The molecule has 0 saturated carbocycles. The minimum absolute atomic E-state index is 0.747. The van der Waals surface area contributed by atoms with Gasteiger partial charge in [-0.25, -0.2) is 4.98 Å². The fourth-order valence-electron chi connectivity index (χ4n) is 4.13. The smallest absolute Gasteiger partial charge is 0.137 e. The van der Waals surface area contributed by atoms with Crippen LogP contribution in [0, 0.1) is 0 Å². The lowest BCUT2D eigenvalue weighted by Gasteiger charge is -2.32. The number of pyridine rings is 1. The largest absolute Gasteiger partial charge is 0.346 e. The van der Waals surface area contributed by atoms with Crippen molar-refractivity contribution in [2.45, 2.75) is 6.54 Å². The summed E-state index contributed by atoms with van der Waals surface area (Å²) in [6.45, 7) is 5.58. The Morgan fingerprint density at radius 3 is 2.47 bits per heavy atom. The number of benzene rings is 2. The van der Waals surface area contributed by atoms with Gasteiger partial charge in [0.2, 0.25) is 0 Å². The Hall–Kier alpha value is -2.66. The molecule has 2 aromatic carbocycles. The molecule has 4 aromatic rings. The van der Waals surface area contributed by atoms with E-state index in [9.17, 15) is 0 Å². The van der Waals surface area contributed by atoms with Gasteiger partial charge in [-0.3, -0.25) is 4.90 Å². The van der Waals surface area contributed by atoms with Crippen LogP contribution in [0.3, 0.4) is 0 Å². The van der Waals surface area contributed by atoms with Crippen LogP contribution in [0.4, 0.5) is 0 Å². The Bertz CT molecular complexity index is 1160. The number of aromatic amines is 1. The van der Waals surface area contributed by atoms with Gasteiger partial charge < -0.3 is 9.88 Å². The lowest BCUT2D eigenvalue weighted by molar-refractivity contribution is 0.148. The van der Waals surface area contributed by atoms with Crippen molar-refractivity contribution < 1.29 is 0 Å². The van der Waals surface area contributed by atoms with Crippen molar-refractivity contribution in [1.29, 1.82) is 0 Å². The Morgan fingerprint density at radius 2 is 1.70 bits per heavy atom. The number of hydrogen-bond acceptors (Lipinski definition) is 3. The third kappa shape index (κ3) is 3.86. The number of fused-ring (bicyclic) bond motifs is 1. The average Bonchev–Trinajstić information content (AvgIpc) is 3.19. The van der Waals surface area contributed by atoms with E-state index in [2.05, 4.69) is 57.1 Å². The fraction of sp³-hybridized carbons (Fsp3) is 0.240. The number of nitrogens with one attached hydrogen (secondary N) is 1. The van der Waals surface area contributed by atoms with Gasteiger partial charge in [0, 0.05) is 72.2 Å². The summed E-state index contributed by atoms with van der Waals surface area (Å²) in [5.41, 5.74) is 6.62. The fourth-order valence-corrected chi connectivity index (χ4v) is 4.37. The molecule has 1 fully saturated rings. The number of halogens is 1. The van der Waals surface area contributed by atoms with Gasteiger partial charge in [-0.05, 0) is 30.3 Å². The van der Waals surface area contributed by atoms with E-state index in [1.165, 1.54) is 11.1 Å². The van der Waals surface area contributed by atoms with Crippen LogP contribution in [0.1, 0.15) is 5.56 Å². The molecule has 152 valence electrons. The monoisotopic (exact) mass is 416 g/mol. The molecule has 5 heteroatoms. The Kier molecular flexibility index (Phi) is 5.30. The first-order valence-electron chi connectivity index (χ1n) is 10.4. The van der Waals surface area contributed by atoms with Gasteiger partial charge in [-0.2, -0.15) is 0 Å². The Morgan fingerprint density at radius 1 is 0.933 bits per heavy atom. The standard InChI is InChI=1S/C25H25ClN4/c1-29-10-12-30(13-11-29)17-18-6-8-19(9-7-18)20-14-22-23(16-28-25(22)27-15-20)21-4-2-3-5-24(21)26/h2-9,14-16H,10-13,17H2,1H3,(H,27,28). The van der Waals surface area contributed by atoms with E-state index in [0.29, 0.717) is 0 Å². The summed E-state index contributed by atoms with van der Waals surface area (Å²) < 4.78 is 0. The first kappa shape index (κ1) is 19.3. The lowest BCUT2D eigenvalue weighted by atomic mass is 10.0. The molecular weight excluding hydrogens is 392 g/mol. The summed E-state index contributed by atoms with van der Waals surface area (Å²) in [6.07, 6.45) is 3.92. The predicted molar refractivity (Wildman–Crippen MR) is 125 cm³/mol. The molecule has 3 heterocycles. The van der Waals surface area contributed by atoms with E-state index in [1.807, 2.05) is 36.7 Å². The second-order valence-electron chi connectivity index (χ2n) is 8.08. The molecule has 5 rings (SSSR count). The predicted octanol–water partition coefficient (Wildman–Crippen LogP) is 5.30. The molecule has 0 aliphatic carbocycles. The van der Waals surface area contributed by atoms with Crippen LogP contribution in [-0.4, -0.2) is 53.0 Å². The summed E-state index contributed by atoms with van der Waals surface area (Å²) in [5, 5.41) is 1.83. The summed E-state index contributed by atoms with van der Waals surface area (Å²) >= 11 is 6.44. The second-order valence-corrected chi connectivity index (χ2v) is 8.49. The molecule has 0 amide bonds. The number of hydrogen-bond donors (Lipinski definition) is 1. The Labute approximate surface area is 182 Å². The van der Waals surface area contributed by atoms with Gasteiger partial charge in [0.05, 0.1) is 0 Å². The maximum Gasteiger partial charge on any atom is 0.137 e. The Balaban J connectivity index is 1.41. The maximum atomic E-state index is 6.44. The van der Waals surface area contributed by atoms with E-state index in [4.69, 9.17) is 11.6 Å². The van der Waals surface area contributed by atoms with Crippen molar-refractivity contribution in [3.8, 4) is 22.3 Å². The van der Waals surface area contributed by atoms with Gasteiger partial charge in [0.1, 0.15) is 5.65 Å². The maximum absolute atomic E-state index is 6.44. The molecule has 0 radical (unpaired) electrons.